The second-order valence-electron chi connectivity index (χ2n) is 11.1. The normalized spacial score (nSPS) is 15.1. The van der Waals surface area contributed by atoms with E-state index in [4.69, 9.17) is 9.51 Å². The number of aliphatic hydroxyl groups excluding tert-OH is 1. The van der Waals surface area contributed by atoms with Gasteiger partial charge in [0, 0.05) is 18.8 Å². The van der Waals surface area contributed by atoms with Crippen LogP contribution in [0, 0.1) is 0 Å². The van der Waals surface area contributed by atoms with E-state index in [1.807, 2.05) is 56.0 Å². The molecule has 3 aromatic heterocycles. The second-order valence-corrected chi connectivity index (χ2v) is 11.1. The van der Waals surface area contributed by atoms with E-state index in [1.54, 1.807) is 38.2 Å². The summed E-state index contributed by atoms with van der Waals surface area (Å²) in [5, 5.41) is 31.1. The van der Waals surface area contributed by atoms with Crippen molar-refractivity contribution in [3.63, 3.8) is 0 Å². The number of pyridine rings is 2. The molecular weight excluding hydrogens is 522 g/mol. The van der Waals surface area contributed by atoms with Crippen LogP contribution in [0.2, 0.25) is 0 Å². The van der Waals surface area contributed by atoms with E-state index < -0.39 is 17.2 Å². The zero-order chi connectivity index (χ0) is 29.4. The van der Waals surface area contributed by atoms with Crippen LogP contribution in [0.3, 0.4) is 0 Å². The molecule has 1 atom stereocenters. The molecule has 1 aromatic carbocycles. The van der Waals surface area contributed by atoms with Gasteiger partial charge in [0.1, 0.15) is 17.2 Å². The molecule has 0 bridgehead atoms. The minimum atomic E-state index is -1.29. The zero-order valence-electron chi connectivity index (χ0n) is 23.8. The number of nitrogens with zero attached hydrogens (tertiary/aromatic N) is 5. The molecule has 0 aliphatic carbocycles. The first-order chi connectivity index (χ1) is 19.5. The molecule has 0 saturated carbocycles. The predicted octanol–water partition coefficient (Wildman–Crippen LogP) is 4.74. The maximum Gasteiger partial charge on any atom is 0.261 e. The maximum absolute atomic E-state index is 13.0. The Morgan fingerprint density at radius 3 is 2.49 bits per heavy atom. The minimum Gasteiger partial charge on any atom is -0.394 e. The van der Waals surface area contributed by atoms with Crippen molar-refractivity contribution in [3.8, 4) is 11.5 Å². The Balaban J connectivity index is 1.50. The van der Waals surface area contributed by atoms with Crippen LogP contribution in [0.5, 0.6) is 0 Å². The Labute approximate surface area is 238 Å². The number of hydrogen-bond acceptors (Lipinski definition) is 10. The van der Waals surface area contributed by atoms with Crippen LogP contribution in [0.15, 0.2) is 59.3 Å². The molecule has 0 saturated heterocycles. The molecule has 214 valence electrons. The van der Waals surface area contributed by atoms with Gasteiger partial charge in [0.25, 0.3) is 11.8 Å². The largest absolute Gasteiger partial charge is 0.394 e. The molecular formula is C30H35N7O4. The van der Waals surface area contributed by atoms with Crippen molar-refractivity contribution in [2.24, 2.45) is 0 Å². The van der Waals surface area contributed by atoms with Gasteiger partial charge in [-0.2, -0.15) is 4.98 Å². The molecule has 11 nitrogen and oxygen atoms in total. The Hall–Kier alpha value is -4.35. The van der Waals surface area contributed by atoms with Crippen LogP contribution in [-0.4, -0.2) is 54.3 Å². The van der Waals surface area contributed by atoms with Crippen LogP contribution in [0.1, 0.15) is 74.5 Å². The fraction of sp³-hybridized carbons (Fsp3) is 0.367. The fourth-order valence-electron chi connectivity index (χ4n) is 4.93. The fourth-order valence-corrected chi connectivity index (χ4v) is 4.93. The molecule has 4 aromatic rings. The summed E-state index contributed by atoms with van der Waals surface area (Å²) in [6.07, 6.45) is 2.44. The van der Waals surface area contributed by atoms with E-state index in [-0.39, 0.29) is 24.2 Å². The topological polar surface area (TPSA) is 150 Å². The first kappa shape index (κ1) is 28.2. The van der Waals surface area contributed by atoms with Gasteiger partial charge >= 0.3 is 0 Å². The maximum atomic E-state index is 13.0. The summed E-state index contributed by atoms with van der Waals surface area (Å²) in [7, 11) is 0. The van der Waals surface area contributed by atoms with Crippen LogP contribution in [0.4, 0.5) is 17.3 Å². The Morgan fingerprint density at radius 1 is 1.07 bits per heavy atom. The summed E-state index contributed by atoms with van der Waals surface area (Å²) in [4.78, 5) is 28.6. The van der Waals surface area contributed by atoms with Crippen molar-refractivity contribution < 1.29 is 19.5 Å². The number of fused-ring (bicyclic) bond motifs is 1. The Kier molecular flexibility index (Phi) is 7.50. The summed E-state index contributed by atoms with van der Waals surface area (Å²) in [6.45, 7) is 9.68. The van der Waals surface area contributed by atoms with Gasteiger partial charge in [-0.15, -0.1) is 0 Å². The standard InChI is InChI=1S/C30H35N7O4/c1-6-14-37-27(39)19-12-13-23(34-25(19)29(37,2)3)33-24-15-21(32-22(17-38)18-10-8-7-9-11-18)20(16-31-24)26-35-28(36-41-26)30(4,5)40/h7-13,15-16,22,38,40H,6,14,17H2,1-5H3,(H2,31,32,33,34)/t22-/m1/s1. The molecule has 0 spiro atoms. The molecule has 1 aliphatic heterocycles. The zero-order valence-corrected chi connectivity index (χ0v) is 23.8. The SMILES string of the molecule is CCCN1C(=O)c2ccc(Nc3cc(N[C@H](CO)c4ccccc4)c(-c4nc(C(C)(C)O)no4)cn3)nc2C1(C)C. The van der Waals surface area contributed by atoms with Gasteiger partial charge in [-0.25, -0.2) is 9.97 Å². The lowest BCUT2D eigenvalue weighted by molar-refractivity contribution is 0.0614. The lowest BCUT2D eigenvalue weighted by Gasteiger charge is -2.31. The van der Waals surface area contributed by atoms with Gasteiger partial charge in [-0.1, -0.05) is 42.4 Å². The van der Waals surface area contributed by atoms with Gasteiger partial charge in [0.15, 0.2) is 0 Å². The number of hydrogen-bond donors (Lipinski definition) is 4. The van der Waals surface area contributed by atoms with Crippen LogP contribution >= 0.6 is 0 Å². The van der Waals surface area contributed by atoms with E-state index in [0.29, 0.717) is 40.7 Å². The summed E-state index contributed by atoms with van der Waals surface area (Å²) < 4.78 is 5.48. The summed E-state index contributed by atoms with van der Waals surface area (Å²) in [5.74, 6) is 1.31. The highest BCUT2D eigenvalue weighted by Gasteiger charge is 2.44. The first-order valence-electron chi connectivity index (χ1n) is 13.6. The molecule has 4 N–H and O–H groups in total. The van der Waals surface area contributed by atoms with Gasteiger partial charge in [-0.05, 0) is 51.8 Å². The average molecular weight is 558 g/mol. The molecule has 4 heterocycles. The third-order valence-corrected chi connectivity index (χ3v) is 7.15. The quantitative estimate of drug-likeness (QED) is 0.215. The second kappa shape index (κ2) is 10.9. The molecule has 1 amide bonds. The van der Waals surface area contributed by atoms with Gasteiger partial charge in [0.05, 0.1) is 40.7 Å². The number of nitrogens with one attached hydrogen (secondary N) is 2. The summed E-state index contributed by atoms with van der Waals surface area (Å²) >= 11 is 0. The molecule has 0 unspecified atom stereocenters. The molecule has 5 rings (SSSR count). The number of carbonyl (C=O) groups excluding carboxylic acids is 1. The monoisotopic (exact) mass is 557 g/mol. The Morgan fingerprint density at radius 2 is 1.83 bits per heavy atom. The van der Waals surface area contributed by atoms with E-state index in [0.717, 1.165) is 12.0 Å². The molecule has 41 heavy (non-hydrogen) atoms. The first-order valence-corrected chi connectivity index (χ1v) is 13.6. The summed E-state index contributed by atoms with van der Waals surface area (Å²) in [5.41, 5.74) is 1.45. The van der Waals surface area contributed by atoms with Gasteiger partial charge in [-0.3, -0.25) is 4.79 Å². The lowest BCUT2D eigenvalue weighted by Crippen LogP contribution is -2.39. The third kappa shape index (κ3) is 5.50. The number of rotatable bonds is 10. The van der Waals surface area contributed by atoms with E-state index in [2.05, 4.69) is 25.8 Å². The predicted molar refractivity (Wildman–Crippen MR) is 155 cm³/mol. The van der Waals surface area contributed by atoms with E-state index >= 15 is 0 Å². The highest BCUT2D eigenvalue weighted by Crippen LogP contribution is 2.39. The number of carbonyl (C=O) groups is 1. The van der Waals surface area contributed by atoms with Crippen molar-refractivity contribution in [2.75, 3.05) is 23.8 Å². The number of anilines is 3. The van der Waals surface area contributed by atoms with Crippen molar-refractivity contribution in [1.82, 2.24) is 25.0 Å². The average Bonchev–Trinajstić information content (AvgIpc) is 3.51. The van der Waals surface area contributed by atoms with E-state index in [1.165, 1.54) is 0 Å². The lowest BCUT2D eigenvalue weighted by atomic mass is 9.99. The molecule has 0 fully saturated rings. The highest BCUT2D eigenvalue weighted by atomic mass is 16.5. The highest BCUT2D eigenvalue weighted by molar-refractivity contribution is 5.99. The number of aliphatic hydroxyl groups is 2. The van der Waals surface area contributed by atoms with Gasteiger partial charge < -0.3 is 30.3 Å². The van der Waals surface area contributed by atoms with Gasteiger partial charge in [0.2, 0.25) is 5.82 Å². The van der Waals surface area contributed by atoms with Crippen molar-refractivity contribution >= 4 is 23.2 Å². The van der Waals surface area contributed by atoms with Crippen LogP contribution in [-0.2, 0) is 11.1 Å². The third-order valence-electron chi connectivity index (χ3n) is 7.15. The number of benzene rings is 1. The molecule has 11 heteroatoms. The summed E-state index contributed by atoms with van der Waals surface area (Å²) in [6, 6.07) is 14.5. The van der Waals surface area contributed by atoms with Crippen LogP contribution < -0.4 is 10.6 Å². The van der Waals surface area contributed by atoms with Crippen molar-refractivity contribution in [2.45, 2.75) is 58.2 Å². The number of amides is 1. The molecule has 0 radical (unpaired) electrons. The number of aromatic nitrogens is 4. The molecule has 1 aliphatic rings. The smallest absolute Gasteiger partial charge is 0.261 e. The van der Waals surface area contributed by atoms with Crippen molar-refractivity contribution in [1.29, 1.82) is 0 Å². The van der Waals surface area contributed by atoms with Crippen molar-refractivity contribution in [3.05, 3.63) is 77.4 Å². The van der Waals surface area contributed by atoms with E-state index in [9.17, 15) is 15.0 Å². The Bertz CT molecular complexity index is 1550. The minimum absolute atomic E-state index is 0.0131. The van der Waals surface area contributed by atoms with Crippen LogP contribution in [0.25, 0.3) is 11.5 Å².